The van der Waals surface area contributed by atoms with E-state index < -0.39 is 5.97 Å². The average Bonchev–Trinajstić information content (AvgIpc) is 2.46. The fourth-order valence-electron chi connectivity index (χ4n) is 0.954. The van der Waals surface area contributed by atoms with E-state index in [0.29, 0.717) is 17.9 Å². The summed E-state index contributed by atoms with van der Waals surface area (Å²) in [4.78, 5) is 11.0. The molecule has 0 amide bonds. The lowest BCUT2D eigenvalue weighted by Crippen LogP contribution is -2.02. The molecule has 1 aromatic rings. The normalized spacial score (nSPS) is 9.62. The molecule has 0 aromatic carbocycles. The number of esters is 1. The minimum atomic E-state index is -0.562. The van der Waals surface area contributed by atoms with Gasteiger partial charge in [-0.25, -0.2) is 4.79 Å². The molecular weight excluding hydrogens is 170 g/mol. The quantitative estimate of drug-likeness (QED) is 0.565. The summed E-state index contributed by atoms with van der Waals surface area (Å²) in [6, 6.07) is 1.59. The molecule has 0 atom stereocenters. The smallest absolute Gasteiger partial charge is 0.376 e. The topological polar surface area (TPSA) is 65.5 Å². The van der Waals surface area contributed by atoms with Crippen molar-refractivity contribution < 1.29 is 13.9 Å². The van der Waals surface area contributed by atoms with E-state index in [0.717, 1.165) is 0 Å². The zero-order chi connectivity index (χ0) is 9.84. The van der Waals surface area contributed by atoms with Gasteiger partial charge in [0.05, 0.1) is 12.8 Å². The number of ether oxygens (including phenoxy) is 1. The van der Waals surface area contributed by atoms with Crippen molar-refractivity contribution in [2.24, 2.45) is 0 Å². The van der Waals surface area contributed by atoms with Crippen molar-refractivity contribution in [3.8, 4) is 0 Å². The summed E-state index contributed by atoms with van der Waals surface area (Å²) in [6.07, 6.45) is 2.21. The monoisotopic (exact) mass is 181 g/mol. The molecule has 0 fully saturated rings. The summed E-state index contributed by atoms with van der Waals surface area (Å²) in [5.74, 6) is 0.0973. The Morgan fingerprint density at radius 2 is 2.54 bits per heavy atom. The highest BCUT2D eigenvalue weighted by Gasteiger charge is 2.15. The third-order valence-corrected chi connectivity index (χ3v) is 1.53. The van der Waals surface area contributed by atoms with Gasteiger partial charge in [0.2, 0.25) is 5.76 Å². The number of hydrogen-bond donors (Lipinski definition) is 1. The number of allylic oxidation sites excluding steroid dienone is 1. The predicted molar refractivity (Wildman–Crippen MR) is 48.4 cm³/mol. The molecule has 1 heterocycles. The van der Waals surface area contributed by atoms with Crippen LogP contribution in [0.3, 0.4) is 0 Å². The van der Waals surface area contributed by atoms with Crippen LogP contribution in [0, 0.1) is 0 Å². The molecule has 0 radical (unpaired) electrons. The first-order valence-corrected chi connectivity index (χ1v) is 3.76. The van der Waals surface area contributed by atoms with Crippen molar-refractivity contribution in [2.45, 2.75) is 6.42 Å². The molecule has 1 rings (SSSR count). The van der Waals surface area contributed by atoms with E-state index in [-0.39, 0.29) is 5.76 Å². The van der Waals surface area contributed by atoms with Crippen LogP contribution in [-0.2, 0) is 11.2 Å². The Morgan fingerprint density at radius 1 is 1.85 bits per heavy atom. The summed E-state index contributed by atoms with van der Waals surface area (Å²) in [7, 11) is 1.28. The van der Waals surface area contributed by atoms with Gasteiger partial charge < -0.3 is 14.9 Å². The van der Waals surface area contributed by atoms with Crippen LogP contribution in [0.4, 0.5) is 5.69 Å². The molecule has 0 aliphatic rings. The fraction of sp³-hybridized carbons (Fsp3) is 0.222. The Hall–Kier alpha value is -1.71. The zero-order valence-corrected chi connectivity index (χ0v) is 7.37. The Morgan fingerprint density at radius 3 is 3.08 bits per heavy atom. The van der Waals surface area contributed by atoms with Crippen LogP contribution in [-0.4, -0.2) is 13.1 Å². The number of carbonyl (C=O) groups excluding carboxylic acids is 1. The van der Waals surface area contributed by atoms with E-state index in [9.17, 15) is 4.79 Å². The van der Waals surface area contributed by atoms with E-state index in [1.807, 2.05) is 0 Å². The lowest BCUT2D eigenvalue weighted by Gasteiger charge is -1.94. The number of nitrogens with two attached hydrogens (primary N) is 1. The van der Waals surface area contributed by atoms with Crippen LogP contribution in [0.15, 0.2) is 23.1 Å². The molecule has 0 saturated heterocycles. The first-order chi connectivity index (χ1) is 6.19. The molecule has 4 heteroatoms. The van der Waals surface area contributed by atoms with Crippen molar-refractivity contribution in [1.82, 2.24) is 0 Å². The number of nitrogen functional groups attached to an aromatic ring is 1. The minimum Gasteiger partial charge on any atom is -0.463 e. The number of furan rings is 1. The van der Waals surface area contributed by atoms with E-state index in [1.54, 1.807) is 12.1 Å². The van der Waals surface area contributed by atoms with Gasteiger partial charge >= 0.3 is 5.97 Å². The van der Waals surface area contributed by atoms with Crippen LogP contribution in [0.2, 0.25) is 0 Å². The predicted octanol–water partition coefficient (Wildman–Crippen LogP) is 1.38. The molecular formula is C9H11NO3. The molecule has 4 nitrogen and oxygen atoms in total. The molecule has 2 N–H and O–H groups in total. The average molecular weight is 181 g/mol. The fourth-order valence-corrected chi connectivity index (χ4v) is 0.954. The van der Waals surface area contributed by atoms with E-state index in [1.165, 1.54) is 7.11 Å². The molecule has 0 spiro atoms. The van der Waals surface area contributed by atoms with Gasteiger partial charge in [-0.3, -0.25) is 0 Å². The van der Waals surface area contributed by atoms with Crippen LogP contribution in [0.25, 0.3) is 0 Å². The van der Waals surface area contributed by atoms with Crippen LogP contribution in [0.5, 0.6) is 0 Å². The highest BCUT2D eigenvalue weighted by atomic mass is 16.5. The molecule has 0 aliphatic heterocycles. The van der Waals surface area contributed by atoms with Gasteiger partial charge in [-0.2, -0.15) is 0 Å². The van der Waals surface area contributed by atoms with Gasteiger partial charge in [0.15, 0.2) is 0 Å². The number of hydrogen-bond acceptors (Lipinski definition) is 4. The second kappa shape index (κ2) is 3.80. The maximum atomic E-state index is 11.0. The lowest BCUT2D eigenvalue weighted by atomic mass is 10.3. The summed E-state index contributed by atoms with van der Waals surface area (Å²) in [6.45, 7) is 3.54. The summed E-state index contributed by atoms with van der Waals surface area (Å²) in [5.41, 5.74) is 5.81. The molecule has 0 aliphatic carbocycles. The first kappa shape index (κ1) is 9.38. The number of methoxy groups -OCH3 is 1. The summed E-state index contributed by atoms with van der Waals surface area (Å²) >= 11 is 0. The molecule has 1 aromatic heterocycles. The maximum absolute atomic E-state index is 11.0. The van der Waals surface area contributed by atoms with Gasteiger partial charge in [-0.15, -0.1) is 6.58 Å². The van der Waals surface area contributed by atoms with E-state index in [4.69, 9.17) is 10.2 Å². The van der Waals surface area contributed by atoms with Gasteiger partial charge in [0.1, 0.15) is 5.76 Å². The van der Waals surface area contributed by atoms with E-state index in [2.05, 4.69) is 11.3 Å². The molecule has 13 heavy (non-hydrogen) atoms. The maximum Gasteiger partial charge on any atom is 0.376 e. The van der Waals surface area contributed by atoms with Gasteiger partial charge in [-0.05, 0) is 0 Å². The summed E-state index contributed by atoms with van der Waals surface area (Å²) in [5, 5.41) is 0. The SMILES string of the molecule is C=CCc1cc(N)c(C(=O)OC)o1. The van der Waals surface area contributed by atoms with Crippen molar-refractivity contribution >= 4 is 11.7 Å². The molecule has 0 saturated carbocycles. The number of carbonyl (C=O) groups is 1. The van der Waals surface area contributed by atoms with Crippen molar-refractivity contribution in [2.75, 3.05) is 12.8 Å². The van der Waals surface area contributed by atoms with Crippen LogP contribution in [0.1, 0.15) is 16.3 Å². The standard InChI is InChI=1S/C9H11NO3/c1-3-4-6-5-7(10)8(13-6)9(11)12-2/h3,5H,1,4,10H2,2H3. The van der Waals surface area contributed by atoms with Crippen molar-refractivity contribution in [3.63, 3.8) is 0 Å². The lowest BCUT2D eigenvalue weighted by molar-refractivity contribution is 0.0565. The Kier molecular flexibility index (Phi) is 2.74. The van der Waals surface area contributed by atoms with Crippen LogP contribution >= 0.6 is 0 Å². The number of anilines is 1. The molecule has 70 valence electrons. The Balaban J connectivity index is 2.95. The van der Waals surface area contributed by atoms with Gasteiger partial charge in [0.25, 0.3) is 0 Å². The minimum absolute atomic E-state index is 0.0550. The third-order valence-electron chi connectivity index (χ3n) is 1.53. The Bertz CT molecular complexity index is 328. The van der Waals surface area contributed by atoms with E-state index >= 15 is 0 Å². The second-order valence-electron chi connectivity index (χ2n) is 2.48. The second-order valence-corrected chi connectivity index (χ2v) is 2.48. The zero-order valence-electron chi connectivity index (χ0n) is 7.37. The molecule has 0 bridgehead atoms. The highest BCUT2D eigenvalue weighted by Crippen LogP contribution is 2.18. The highest BCUT2D eigenvalue weighted by molar-refractivity contribution is 5.92. The third kappa shape index (κ3) is 1.90. The van der Waals surface area contributed by atoms with Crippen molar-refractivity contribution in [1.29, 1.82) is 0 Å². The van der Waals surface area contributed by atoms with Gasteiger partial charge in [-0.1, -0.05) is 6.08 Å². The van der Waals surface area contributed by atoms with Crippen molar-refractivity contribution in [3.05, 3.63) is 30.2 Å². The van der Waals surface area contributed by atoms with Gasteiger partial charge in [0, 0.05) is 12.5 Å². The summed E-state index contributed by atoms with van der Waals surface area (Å²) < 4.78 is 9.61. The first-order valence-electron chi connectivity index (χ1n) is 3.76. The number of rotatable bonds is 3. The van der Waals surface area contributed by atoms with Crippen LogP contribution < -0.4 is 5.73 Å². The molecule has 0 unspecified atom stereocenters. The Labute approximate surface area is 76.0 Å². The largest absolute Gasteiger partial charge is 0.463 e.